The number of nitrogens with one attached hydrogen (secondary N) is 2. The van der Waals surface area contributed by atoms with E-state index in [2.05, 4.69) is 10.6 Å². The summed E-state index contributed by atoms with van der Waals surface area (Å²) in [6.07, 6.45) is 4.37. The maximum absolute atomic E-state index is 12.5. The van der Waals surface area contributed by atoms with Gasteiger partial charge in [-0.3, -0.25) is 4.79 Å². The van der Waals surface area contributed by atoms with Crippen LogP contribution in [0.3, 0.4) is 0 Å². The molecule has 126 valence electrons. The number of sulfone groups is 1. The Balaban J connectivity index is 1.61. The first-order valence-electron chi connectivity index (χ1n) is 8.13. The van der Waals surface area contributed by atoms with Gasteiger partial charge in [0.25, 0.3) is 0 Å². The van der Waals surface area contributed by atoms with Gasteiger partial charge in [-0.05, 0) is 62.4 Å². The summed E-state index contributed by atoms with van der Waals surface area (Å²) in [5, 5.41) is 6.42. The average molecular weight is 336 g/mol. The third kappa shape index (κ3) is 3.43. The van der Waals surface area contributed by atoms with Crippen LogP contribution < -0.4 is 10.6 Å². The summed E-state index contributed by atoms with van der Waals surface area (Å²) in [6, 6.07) is 6.62. The number of amides is 1. The lowest BCUT2D eigenvalue weighted by molar-refractivity contribution is -0.123. The quantitative estimate of drug-likeness (QED) is 0.877. The Labute approximate surface area is 137 Å². The van der Waals surface area contributed by atoms with E-state index in [4.69, 9.17) is 0 Å². The van der Waals surface area contributed by atoms with Crippen LogP contribution in [0, 0.1) is 11.3 Å². The molecule has 2 unspecified atom stereocenters. The second-order valence-corrected chi connectivity index (χ2v) is 8.96. The zero-order chi connectivity index (χ0) is 16.7. The third-order valence-corrected chi connectivity index (χ3v) is 6.40. The number of rotatable bonds is 4. The number of hydrogen-bond acceptors (Lipinski definition) is 4. The number of carbonyl (C=O) groups is 1. The fraction of sp³-hybridized carbons (Fsp3) is 0.588. The molecule has 0 radical (unpaired) electrons. The molecule has 2 N–H and O–H groups in total. The molecule has 0 aromatic heterocycles. The molecule has 1 heterocycles. The largest absolute Gasteiger partial charge is 0.349 e. The topological polar surface area (TPSA) is 75.3 Å². The molecule has 5 nitrogen and oxygen atoms in total. The van der Waals surface area contributed by atoms with Crippen molar-refractivity contribution in [2.75, 3.05) is 19.3 Å². The molecule has 1 aliphatic carbocycles. The smallest absolute Gasteiger partial charge is 0.224 e. The van der Waals surface area contributed by atoms with Crippen molar-refractivity contribution in [1.82, 2.24) is 10.6 Å². The molecule has 1 saturated heterocycles. The van der Waals surface area contributed by atoms with Crippen LogP contribution in [0.1, 0.15) is 37.8 Å². The van der Waals surface area contributed by atoms with Crippen LogP contribution in [0.2, 0.25) is 0 Å². The van der Waals surface area contributed by atoms with Crippen LogP contribution in [0.15, 0.2) is 29.2 Å². The molecule has 1 aliphatic heterocycles. The first kappa shape index (κ1) is 16.5. The van der Waals surface area contributed by atoms with Gasteiger partial charge in [0.1, 0.15) is 0 Å². The summed E-state index contributed by atoms with van der Waals surface area (Å²) in [5.41, 5.74) is 1.15. The summed E-state index contributed by atoms with van der Waals surface area (Å²) >= 11 is 0. The zero-order valence-corrected chi connectivity index (χ0v) is 14.4. The lowest BCUT2D eigenvalue weighted by Crippen LogP contribution is -2.34. The Hall–Kier alpha value is -1.40. The maximum Gasteiger partial charge on any atom is 0.224 e. The highest BCUT2D eigenvalue weighted by atomic mass is 32.2. The Kier molecular flexibility index (Phi) is 4.23. The second-order valence-electron chi connectivity index (χ2n) is 6.94. The van der Waals surface area contributed by atoms with E-state index >= 15 is 0 Å². The lowest BCUT2D eigenvalue weighted by Gasteiger charge is -2.23. The van der Waals surface area contributed by atoms with E-state index in [9.17, 15) is 13.2 Å². The first-order chi connectivity index (χ1) is 10.8. The van der Waals surface area contributed by atoms with Crippen molar-refractivity contribution in [3.63, 3.8) is 0 Å². The Bertz CT molecular complexity index is 691. The fourth-order valence-electron chi connectivity index (χ4n) is 3.60. The molecule has 1 aromatic carbocycles. The van der Waals surface area contributed by atoms with E-state index in [0.29, 0.717) is 4.90 Å². The predicted octanol–water partition coefficient (Wildman–Crippen LogP) is 1.66. The summed E-state index contributed by atoms with van der Waals surface area (Å²) < 4.78 is 23.0. The molecule has 6 heteroatoms. The van der Waals surface area contributed by atoms with E-state index in [1.807, 2.05) is 6.92 Å². The molecular weight excluding hydrogens is 312 g/mol. The summed E-state index contributed by atoms with van der Waals surface area (Å²) in [5.74, 6) is 0.272. The minimum atomic E-state index is -3.18. The SMILES string of the molecule is CC(NC(=O)C1CC12CCNCC2)c1ccc(S(C)(=O)=O)cc1. The Morgan fingerprint density at radius 2 is 1.87 bits per heavy atom. The molecule has 2 aliphatic rings. The normalized spacial score (nSPS) is 24.2. The molecule has 23 heavy (non-hydrogen) atoms. The average Bonchev–Trinajstić information content (AvgIpc) is 3.20. The van der Waals surface area contributed by atoms with Gasteiger partial charge >= 0.3 is 0 Å². The zero-order valence-electron chi connectivity index (χ0n) is 13.6. The lowest BCUT2D eigenvalue weighted by atomic mass is 9.91. The highest BCUT2D eigenvalue weighted by Crippen LogP contribution is 2.58. The van der Waals surface area contributed by atoms with Crippen molar-refractivity contribution in [3.05, 3.63) is 29.8 Å². The van der Waals surface area contributed by atoms with E-state index < -0.39 is 9.84 Å². The molecule has 2 atom stereocenters. The van der Waals surface area contributed by atoms with Crippen LogP contribution in [-0.4, -0.2) is 33.7 Å². The van der Waals surface area contributed by atoms with E-state index in [1.54, 1.807) is 24.3 Å². The summed E-state index contributed by atoms with van der Waals surface area (Å²) in [7, 11) is -3.18. The number of carbonyl (C=O) groups excluding carboxylic acids is 1. The highest BCUT2D eigenvalue weighted by Gasteiger charge is 2.57. The number of benzene rings is 1. The van der Waals surface area contributed by atoms with Gasteiger partial charge in [-0.25, -0.2) is 8.42 Å². The van der Waals surface area contributed by atoms with Crippen molar-refractivity contribution >= 4 is 15.7 Å². The van der Waals surface area contributed by atoms with Crippen molar-refractivity contribution in [3.8, 4) is 0 Å². The van der Waals surface area contributed by atoms with Gasteiger partial charge in [-0.1, -0.05) is 12.1 Å². The second kappa shape index (κ2) is 5.91. The summed E-state index contributed by atoms with van der Waals surface area (Å²) in [6.45, 7) is 3.95. The van der Waals surface area contributed by atoms with Gasteiger partial charge in [0.05, 0.1) is 10.9 Å². The molecule has 3 rings (SSSR count). The van der Waals surface area contributed by atoms with Gasteiger partial charge in [-0.2, -0.15) is 0 Å². The molecule has 1 amide bonds. The first-order valence-corrected chi connectivity index (χ1v) is 10.0. The van der Waals surface area contributed by atoms with Gasteiger partial charge in [0.2, 0.25) is 5.91 Å². The van der Waals surface area contributed by atoms with Crippen LogP contribution in [-0.2, 0) is 14.6 Å². The monoisotopic (exact) mass is 336 g/mol. The standard InChI is InChI=1S/C17H24N2O3S/c1-12(13-3-5-14(6-4-13)23(2,21)22)19-16(20)15-11-17(15)7-9-18-10-8-17/h3-6,12,15,18H,7-11H2,1-2H3,(H,19,20). The molecular formula is C17H24N2O3S. The van der Waals surface area contributed by atoms with Crippen LogP contribution in [0.5, 0.6) is 0 Å². The molecule has 1 aromatic rings. The van der Waals surface area contributed by atoms with Crippen molar-refractivity contribution in [1.29, 1.82) is 0 Å². The van der Waals surface area contributed by atoms with Crippen LogP contribution in [0.4, 0.5) is 0 Å². The number of hydrogen-bond donors (Lipinski definition) is 2. The van der Waals surface area contributed by atoms with E-state index in [-0.39, 0.29) is 23.3 Å². The summed E-state index contributed by atoms with van der Waals surface area (Å²) in [4.78, 5) is 12.8. The predicted molar refractivity (Wildman–Crippen MR) is 88.8 cm³/mol. The maximum atomic E-state index is 12.5. The minimum Gasteiger partial charge on any atom is -0.349 e. The van der Waals surface area contributed by atoms with Gasteiger partial charge < -0.3 is 10.6 Å². The number of piperidine rings is 1. The highest BCUT2D eigenvalue weighted by molar-refractivity contribution is 7.90. The van der Waals surface area contributed by atoms with Gasteiger partial charge in [0, 0.05) is 12.2 Å². The van der Waals surface area contributed by atoms with E-state index in [0.717, 1.165) is 37.9 Å². The fourth-order valence-corrected chi connectivity index (χ4v) is 4.23. The van der Waals surface area contributed by atoms with Crippen LogP contribution in [0.25, 0.3) is 0 Å². The molecule has 1 saturated carbocycles. The van der Waals surface area contributed by atoms with Gasteiger partial charge in [-0.15, -0.1) is 0 Å². The Morgan fingerprint density at radius 3 is 2.43 bits per heavy atom. The molecule has 2 fully saturated rings. The van der Waals surface area contributed by atoms with Crippen molar-refractivity contribution in [2.24, 2.45) is 11.3 Å². The van der Waals surface area contributed by atoms with E-state index in [1.165, 1.54) is 6.26 Å². The third-order valence-electron chi connectivity index (χ3n) is 5.27. The van der Waals surface area contributed by atoms with Crippen molar-refractivity contribution in [2.45, 2.75) is 37.1 Å². The molecule has 1 spiro atoms. The minimum absolute atomic E-state index is 0.115. The Morgan fingerprint density at radius 1 is 1.26 bits per heavy atom. The van der Waals surface area contributed by atoms with Crippen molar-refractivity contribution < 1.29 is 13.2 Å². The molecule has 0 bridgehead atoms. The van der Waals surface area contributed by atoms with Crippen LogP contribution >= 0.6 is 0 Å². The van der Waals surface area contributed by atoms with Gasteiger partial charge in [0.15, 0.2) is 9.84 Å².